The topological polar surface area (TPSA) is 99.2 Å². The second-order valence-electron chi connectivity index (χ2n) is 7.51. The van der Waals surface area contributed by atoms with Crippen LogP contribution in [0.2, 0.25) is 0 Å². The number of nitrogens with zero attached hydrogens (tertiary/aromatic N) is 4. The molecule has 0 aliphatic carbocycles. The van der Waals surface area contributed by atoms with E-state index < -0.39 is 0 Å². The molecule has 0 aromatic carbocycles. The number of piperazine rings is 1. The van der Waals surface area contributed by atoms with Gasteiger partial charge in [0.25, 0.3) is 5.91 Å². The second-order valence-corrected chi connectivity index (χ2v) is 7.51. The van der Waals surface area contributed by atoms with Gasteiger partial charge in [0.2, 0.25) is 5.91 Å². The van der Waals surface area contributed by atoms with Crippen LogP contribution in [-0.2, 0) is 14.3 Å². The highest BCUT2D eigenvalue weighted by molar-refractivity contribution is 5.90. The Bertz CT molecular complexity index is 755. The van der Waals surface area contributed by atoms with E-state index in [1.54, 1.807) is 6.07 Å². The normalized spacial score (nSPS) is 19.7. The maximum absolute atomic E-state index is 12.5. The molecule has 0 spiro atoms. The quantitative estimate of drug-likeness (QED) is 0.530. The Morgan fingerprint density at radius 2 is 2.00 bits per heavy atom. The molecule has 3 rings (SSSR count). The van der Waals surface area contributed by atoms with Gasteiger partial charge in [0.15, 0.2) is 5.96 Å². The third-order valence-corrected chi connectivity index (χ3v) is 5.19. The van der Waals surface area contributed by atoms with Gasteiger partial charge in [-0.2, -0.15) is 0 Å². The van der Waals surface area contributed by atoms with Crippen LogP contribution in [0.5, 0.6) is 0 Å². The Hall–Kier alpha value is -2.68. The van der Waals surface area contributed by atoms with E-state index in [1.165, 1.54) is 0 Å². The van der Waals surface area contributed by atoms with Crippen LogP contribution in [0, 0.1) is 6.92 Å². The molecule has 2 N–H and O–H groups in total. The van der Waals surface area contributed by atoms with Crippen LogP contribution in [-0.4, -0.2) is 84.5 Å². The van der Waals surface area contributed by atoms with Crippen LogP contribution in [0.4, 0.5) is 5.82 Å². The number of aromatic nitrogens is 1. The summed E-state index contributed by atoms with van der Waals surface area (Å²) in [5.74, 6) is 1.33. The van der Waals surface area contributed by atoms with E-state index in [0.717, 1.165) is 31.0 Å². The minimum Gasteiger partial charge on any atom is -0.368 e. The Labute approximate surface area is 177 Å². The van der Waals surface area contributed by atoms with Crippen LogP contribution < -0.4 is 10.6 Å². The highest BCUT2D eigenvalue weighted by Gasteiger charge is 2.30. The van der Waals surface area contributed by atoms with E-state index in [9.17, 15) is 9.59 Å². The number of pyridine rings is 1. The Kier molecular flexibility index (Phi) is 8.01. The van der Waals surface area contributed by atoms with Crippen molar-refractivity contribution in [2.75, 3.05) is 51.2 Å². The summed E-state index contributed by atoms with van der Waals surface area (Å²) in [7, 11) is 0. The molecular weight excluding hydrogens is 384 g/mol. The average molecular weight is 417 g/mol. The fourth-order valence-electron chi connectivity index (χ4n) is 3.62. The zero-order chi connectivity index (χ0) is 21.3. The summed E-state index contributed by atoms with van der Waals surface area (Å²) in [5, 5.41) is 6.09. The van der Waals surface area contributed by atoms with Crippen LogP contribution in [0.3, 0.4) is 0 Å². The van der Waals surface area contributed by atoms with Crippen molar-refractivity contribution >= 4 is 23.6 Å². The number of guanidine groups is 1. The number of hydrogen-bond donors (Lipinski definition) is 2. The number of amides is 2. The standard InChI is InChI=1S/C21H32N6O3/c1-3-22-21(23-10-9-19(28)25-18-8-4-6-16(2)24-18)27-13-11-26(12-14-27)20(29)17-7-5-15-30-17/h4,6,8,17H,3,5,7,9-15H2,1-2H3,(H,22,23)(H,24,25,28). The lowest BCUT2D eigenvalue weighted by atomic mass is 10.2. The number of hydrogen-bond acceptors (Lipinski definition) is 5. The lowest BCUT2D eigenvalue weighted by Gasteiger charge is -2.37. The van der Waals surface area contributed by atoms with E-state index in [0.29, 0.717) is 45.1 Å². The molecule has 1 aromatic rings. The highest BCUT2D eigenvalue weighted by atomic mass is 16.5. The van der Waals surface area contributed by atoms with Crippen LogP contribution in [0.1, 0.15) is 31.9 Å². The first-order valence-electron chi connectivity index (χ1n) is 10.7. The number of carbonyl (C=O) groups is 2. The van der Waals surface area contributed by atoms with E-state index in [4.69, 9.17) is 4.74 Å². The Morgan fingerprint density at radius 1 is 1.23 bits per heavy atom. The molecule has 2 aliphatic rings. The SMILES string of the molecule is CCNC(=NCCC(=O)Nc1cccc(C)n1)N1CCN(C(=O)C2CCCO2)CC1. The number of aryl methyl sites for hydroxylation is 1. The molecule has 30 heavy (non-hydrogen) atoms. The molecule has 3 heterocycles. The summed E-state index contributed by atoms with van der Waals surface area (Å²) < 4.78 is 5.52. The molecule has 1 unspecified atom stereocenters. The summed E-state index contributed by atoms with van der Waals surface area (Å²) in [4.78, 5) is 37.6. The van der Waals surface area contributed by atoms with Gasteiger partial charge >= 0.3 is 0 Å². The maximum Gasteiger partial charge on any atom is 0.251 e. The first kappa shape index (κ1) is 22.0. The van der Waals surface area contributed by atoms with Crippen molar-refractivity contribution in [1.29, 1.82) is 0 Å². The fourth-order valence-corrected chi connectivity index (χ4v) is 3.62. The van der Waals surface area contributed by atoms with Crippen molar-refractivity contribution in [2.45, 2.75) is 39.2 Å². The van der Waals surface area contributed by atoms with E-state index in [-0.39, 0.29) is 24.3 Å². The monoisotopic (exact) mass is 416 g/mol. The molecule has 1 aromatic heterocycles. The van der Waals surface area contributed by atoms with Crippen molar-refractivity contribution < 1.29 is 14.3 Å². The largest absolute Gasteiger partial charge is 0.368 e. The van der Waals surface area contributed by atoms with Crippen LogP contribution in [0.25, 0.3) is 0 Å². The van der Waals surface area contributed by atoms with Gasteiger partial charge in [0.05, 0.1) is 6.54 Å². The van der Waals surface area contributed by atoms with Gasteiger partial charge in [-0.1, -0.05) is 6.07 Å². The number of aliphatic imine (C=N–C) groups is 1. The average Bonchev–Trinajstić information content (AvgIpc) is 3.28. The molecule has 2 aliphatic heterocycles. The van der Waals surface area contributed by atoms with Crippen LogP contribution >= 0.6 is 0 Å². The molecule has 9 heteroatoms. The minimum atomic E-state index is -0.264. The first-order valence-corrected chi connectivity index (χ1v) is 10.7. The maximum atomic E-state index is 12.5. The smallest absolute Gasteiger partial charge is 0.251 e. The number of carbonyl (C=O) groups excluding carboxylic acids is 2. The number of rotatable bonds is 6. The molecule has 2 saturated heterocycles. The summed E-state index contributed by atoms with van der Waals surface area (Å²) >= 11 is 0. The number of anilines is 1. The summed E-state index contributed by atoms with van der Waals surface area (Å²) in [5.41, 5.74) is 0.859. The molecular formula is C21H32N6O3. The van der Waals surface area contributed by atoms with Gasteiger partial charge in [-0.05, 0) is 38.8 Å². The van der Waals surface area contributed by atoms with E-state index >= 15 is 0 Å². The predicted octanol–water partition coefficient (Wildman–Crippen LogP) is 1.01. The molecule has 0 bridgehead atoms. The summed E-state index contributed by atoms with van der Waals surface area (Å²) in [6.07, 6.45) is 1.80. The van der Waals surface area contributed by atoms with E-state index in [2.05, 4.69) is 25.5 Å². The fraction of sp³-hybridized carbons (Fsp3) is 0.619. The minimum absolute atomic E-state index is 0.107. The molecule has 164 valence electrons. The number of nitrogens with one attached hydrogen (secondary N) is 2. The van der Waals surface area contributed by atoms with Crippen molar-refractivity contribution in [2.24, 2.45) is 4.99 Å². The van der Waals surface area contributed by atoms with Gasteiger partial charge in [0.1, 0.15) is 11.9 Å². The third-order valence-electron chi connectivity index (χ3n) is 5.19. The van der Waals surface area contributed by atoms with Crippen LogP contribution in [0.15, 0.2) is 23.2 Å². The number of ether oxygens (including phenoxy) is 1. The van der Waals surface area contributed by atoms with Gasteiger partial charge in [0, 0.05) is 51.4 Å². The van der Waals surface area contributed by atoms with Crippen molar-refractivity contribution in [3.05, 3.63) is 23.9 Å². The molecule has 2 fully saturated rings. The first-order chi connectivity index (χ1) is 14.6. The molecule has 2 amide bonds. The van der Waals surface area contributed by atoms with Crippen molar-refractivity contribution in [3.63, 3.8) is 0 Å². The highest BCUT2D eigenvalue weighted by Crippen LogP contribution is 2.16. The second kappa shape index (κ2) is 10.9. The zero-order valence-electron chi connectivity index (χ0n) is 17.9. The van der Waals surface area contributed by atoms with Crippen molar-refractivity contribution in [3.8, 4) is 0 Å². The zero-order valence-corrected chi connectivity index (χ0v) is 17.9. The van der Waals surface area contributed by atoms with E-state index in [1.807, 2.05) is 30.9 Å². The predicted molar refractivity (Wildman–Crippen MR) is 115 cm³/mol. The summed E-state index contributed by atoms with van der Waals surface area (Å²) in [6.45, 7) is 8.45. The lowest BCUT2D eigenvalue weighted by Crippen LogP contribution is -2.55. The van der Waals surface area contributed by atoms with Gasteiger partial charge < -0.3 is 25.2 Å². The lowest BCUT2D eigenvalue weighted by molar-refractivity contribution is -0.142. The third kappa shape index (κ3) is 6.16. The molecule has 0 saturated carbocycles. The molecule has 1 atom stereocenters. The Balaban J connectivity index is 1.47. The van der Waals surface area contributed by atoms with Gasteiger partial charge in [-0.25, -0.2) is 4.98 Å². The molecule has 0 radical (unpaired) electrons. The Morgan fingerprint density at radius 3 is 2.67 bits per heavy atom. The van der Waals surface area contributed by atoms with Gasteiger partial charge in [-0.15, -0.1) is 0 Å². The molecule has 9 nitrogen and oxygen atoms in total. The van der Waals surface area contributed by atoms with Crippen molar-refractivity contribution in [1.82, 2.24) is 20.1 Å². The van der Waals surface area contributed by atoms with Gasteiger partial charge in [-0.3, -0.25) is 14.6 Å². The summed E-state index contributed by atoms with van der Waals surface area (Å²) in [6, 6.07) is 5.52.